The first kappa shape index (κ1) is 17.5. The van der Waals surface area contributed by atoms with Gasteiger partial charge < -0.3 is 10.1 Å². The summed E-state index contributed by atoms with van der Waals surface area (Å²) in [5.41, 5.74) is 1.55. The van der Waals surface area contributed by atoms with Gasteiger partial charge in [-0.15, -0.1) is 0 Å². The predicted molar refractivity (Wildman–Crippen MR) is 87.5 cm³/mol. The fraction of sp³-hybridized carbons (Fsp3) is 0.211. The van der Waals surface area contributed by atoms with E-state index in [1.807, 2.05) is 30.3 Å². The van der Waals surface area contributed by atoms with Crippen LogP contribution in [0.4, 0.5) is 13.6 Å². The maximum Gasteiger partial charge on any atom is 0.407 e. The van der Waals surface area contributed by atoms with E-state index in [1.54, 1.807) is 12.1 Å². The van der Waals surface area contributed by atoms with E-state index in [1.165, 1.54) is 12.1 Å². The minimum Gasteiger partial charge on any atom is -0.445 e. The zero-order valence-electron chi connectivity index (χ0n) is 13.0. The Hall–Kier alpha value is -2.87. The highest BCUT2D eigenvalue weighted by molar-refractivity contribution is 5.67. The Balaban J connectivity index is 1.66. The number of alkyl carbamates (subject to hydrolysis) is 1. The van der Waals surface area contributed by atoms with Crippen LogP contribution >= 0.6 is 0 Å². The molecule has 0 aromatic heterocycles. The number of nitrogens with one attached hydrogen (secondary N) is 1. The lowest BCUT2D eigenvalue weighted by atomic mass is 10.1. The van der Waals surface area contributed by atoms with E-state index in [9.17, 15) is 13.6 Å². The van der Waals surface area contributed by atoms with Crippen molar-refractivity contribution in [3.05, 3.63) is 71.3 Å². The summed E-state index contributed by atoms with van der Waals surface area (Å²) in [4.78, 5) is 11.5. The smallest absolute Gasteiger partial charge is 0.407 e. The highest BCUT2D eigenvalue weighted by Crippen LogP contribution is 2.18. The number of hydrogen-bond donors (Lipinski definition) is 1. The number of rotatable bonds is 5. The van der Waals surface area contributed by atoms with Crippen LogP contribution < -0.4 is 5.32 Å². The first-order valence-electron chi connectivity index (χ1n) is 7.46. The second kappa shape index (κ2) is 9.31. The lowest BCUT2D eigenvalue weighted by Gasteiger charge is -2.05. The van der Waals surface area contributed by atoms with Crippen LogP contribution in [0.1, 0.15) is 29.5 Å². The van der Waals surface area contributed by atoms with E-state index < -0.39 is 12.5 Å². The minimum absolute atomic E-state index is 0.0246. The highest BCUT2D eigenvalue weighted by Gasteiger charge is 2.04. The lowest BCUT2D eigenvalue weighted by molar-refractivity contribution is 0.140. The SMILES string of the molecule is O=C(NCCC#Cc1ccc(C(F)F)cc1)OCc1ccccc1. The normalized spacial score (nSPS) is 9.96. The molecule has 1 N–H and O–H groups in total. The van der Waals surface area contributed by atoms with Gasteiger partial charge in [0.15, 0.2) is 0 Å². The predicted octanol–water partition coefficient (Wildman–Crippen LogP) is 4.29. The standard InChI is InChI=1S/C19H17F2NO2/c20-18(21)17-11-9-15(10-12-17)6-4-5-13-22-19(23)24-14-16-7-2-1-3-8-16/h1-3,7-12,18H,5,13-14H2,(H,22,23). The summed E-state index contributed by atoms with van der Waals surface area (Å²) in [6.45, 7) is 0.574. The summed E-state index contributed by atoms with van der Waals surface area (Å²) in [6.07, 6.45) is -2.53. The van der Waals surface area contributed by atoms with E-state index in [0.717, 1.165) is 5.56 Å². The van der Waals surface area contributed by atoms with Crippen molar-refractivity contribution in [1.82, 2.24) is 5.32 Å². The molecular weight excluding hydrogens is 312 g/mol. The van der Waals surface area contributed by atoms with Gasteiger partial charge in [-0.2, -0.15) is 0 Å². The summed E-state index contributed by atoms with van der Waals surface area (Å²) in [5, 5.41) is 2.60. The molecule has 0 heterocycles. The summed E-state index contributed by atoms with van der Waals surface area (Å²) >= 11 is 0. The molecule has 1 amide bonds. The lowest BCUT2D eigenvalue weighted by Crippen LogP contribution is -2.24. The van der Waals surface area contributed by atoms with Gasteiger partial charge in [0.2, 0.25) is 0 Å². The number of benzene rings is 2. The molecule has 0 unspecified atom stereocenters. The van der Waals surface area contributed by atoms with Gasteiger partial charge in [-0.05, 0) is 17.7 Å². The number of carbonyl (C=O) groups excluding carboxylic acids is 1. The molecule has 0 saturated heterocycles. The Morgan fingerprint density at radius 2 is 1.79 bits per heavy atom. The third kappa shape index (κ3) is 6.09. The highest BCUT2D eigenvalue weighted by atomic mass is 19.3. The van der Waals surface area contributed by atoms with Gasteiger partial charge in [0.1, 0.15) is 6.61 Å². The van der Waals surface area contributed by atoms with Crippen molar-refractivity contribution in [2.24, 2.45) is 0 Å². The van der Waals surface area contributed by atoms with Crippen molar-refractivity contribution in [1.29, 1.82) is 0 Å². The fourth-order valence-corrected chi connectivity index (χ4v) is 1.88. The topological polar surface area (TPSA) is 38.3 Å². The fourth-order valence-electron chi connectivity index (χ4n) is 1.88. The Kier molecular flexibility index (Phi) is 6.78. The van der Waals surface area contributed by atoms with Crippen molar-refractivity contribution in [2.45, 2.75) is 19.5 Å². The molecule has 2 aromatic carbocycles. The molecule has 3 nitrogen and oxygen atoms in total. The third-order valence-corrected chi connectivity index (χ3v) is 3.13. The average molecular weight is 329 g/mol. The Morgan fingerprint density at radius 3 is 2.46 bits per heavy atom. The number of ether oxygens (including phenoxy) is 1. The minimum atomic E-state index is -2.47. The van der Waals surface area contributed by atoms with Gasteiger partial charge >= 0.3 is 6.09 Å². The first-order chi connectivity index (χ1) is 11.6. The van der Waals surface area contributed by atoms with Crippen LogP contribution in [0.15, 0.2) is 54.6 Å². The van der Waals surface area contributed by atoms with Crippen LogP contribution in [-0.4, -0.2) is 12.6 Å². The molecule has 0 fully saturated rings. The molecule has 5 heteroatoms. The molecule has 0 radical (unpaired) electrons. The van der Waals surface area contributed by atoms with Crippen molar-refractivity contribution < 1.29 is 18.3 Å². The van der Waals surface area contributed by atoms with E-state index in [2.05, 4.69) is 17.2 Å². The molecule has 2 rings (SSSR count). The van der Waals surface area contributed by atoms with Gasteiger partial charge in [0, 0.05) is 24.1 Å². The monoisotopic (exact) mass is 329 g/mol. The van der Waals surface area contributed by atoms with E-state index >= 15 is 0 Å². The number of halogens is 2. The van der Waals surface area contributed by atoms with Crippen LogP contribution in [0.5, 0.6) is 0 Å². The molecule has 0 atom stereocenters. The zero-order chi connectivity index (χ0) is 17.2. The molecule has 0 aliphatic rings. The maximum atomic E-state index is 12.4. The molecular formula is C19H17F2NO2. The molecule has 24 heavy (non-hydrogen) atoms. The van der Waals surface area contributed by atoms with Crippen LogP contribution in [-0.2, 0) is 11.3 Å². The summed E-state index contributed by atoms with van der Waals surface area (Å²) in [7, 11) is 0. The molecule has 0 aliphatic carbocycles. The largest absolute Gasteiger partial charge is 0.445 e. The van der Waals surface area contributed by atoms with E-state index in [4.69, 9.17) is 4.74 Å². The van der Waals surface area contributed by atoms with Gasteiger partial charge in [-0.3, -0.25) is 0 Å². The van der Waals surface area contributed by atoms with E-state index in [0.29, 0.717) is 18.5 Å². The number of hydrogen-bond acceptors (Lipinski definition) is 2. The van der Waals surface area contributed by atoms with Gasteiger partial charge in [-0.1, -0.05) is 54.3 Å². The van der Waals surface area contributed by atoms with Gasteiger partial charge in [0.25, 0.3) is 6.43 Å². The van der Waals surface area contributed by atoms with Crippen molar-refractivity contribution in [3.63, 3.8) is 0 Å². The number of carbonyl (C=O) groups is 1. The summed E-state index contributed by atoms with van der Waals surface area (Å²) < 4.78 is 29.9. The van der Waals surface area contributed by atoms with Crippen LogP contribution in [0, 0.1) is 11.8 Å². The zero-order valence-corrected chi connectivity index (χ0v) is 13.0. The first-order valence-corrected chi connectivity index (χ1v) is 7.46. The Labute approximate surface area is 139 Å². The Morgan fingerprint density at radius 1 is 1.08 bits per heavy atom. The van der Waals surface area contributed by atoms with Gasteiger partial charge in [0.05, 0.1) is 0 Å². The second-order valence-corrected chi connectivity index (χ2v) is 4.96. The maximum absolute atomic E-state index is 12.4. The Bertz CT molecular complexity index is 704. The summed E-state index contributed by atoms with van der Waals surface area (Å²) in [6, 6.07) is 15.2. The van der Waals surface area contributed by atoms with Gasteiger partial charge in [-0.25, -0.2) is 13.6 Å². The number of alkyl halides is 2. The third-order valence-electron chi connectivity index (χ3n) is 3.13. The molecule has 124 valence electrons. The molecule has 0 aliphatic heterocycles. The van der Waals surface area contributed by atoms with Crippen LogP contribution in [0.3, 0.4) is 0 Å². The molecule has 0 saturated carbocycles. The molecule has 0 spiro atoms. The van der Waals surface area contributed by atoms with E-state index in [-0.39, 0.29) is 12.2 Å². The molecule has 0 bridgehead atoms. The van der Waals surface area contributed by atoms with Crippen LogP contribution in [0.25, 0.3) is 0 Å². The quantitative estimate of drug-likeness (QED) is 0.656. The van der Waals surface area contributed by atoms with Crippen molar-refractivity contribution in [2.75, 3.05) is 6.54 Å². The van der Waals surface area contributed by atoms with Crippen LogP contribution in [0.2, 0.25) is 0 Å². The van der Waals surface area contributed by atoms with Crippen molar-refractivity contribution >= 4 is 6.09 Å². The molecule has 2 aromatic rings. The summed E-state index contributed by atoms with van der Waals surface area (Å²) in [5.74, 6) is 5.73. The average Bonchev–Trinajstić information content (AvgIpc) is 2.61. The second-order valence-electron chi connectivity index (χ2n) is 4.96. The van der Waals surface area contributed by atoms with Crippen molar-refractivity contribution in [3.8, 4) is 11.8 Å². The number of amides is 1.